The first-order chi connectivity index (χ1) is 15.5. The number of carboxylic acids is 1. The minimum Gasteiger partial charge on any atom is -0.478 e. The van der Waals surface area contributed by atoms with Crippen LogP contribution in [0, 0.1) is 6.92 Å². The number of benzene rings is 2. The summed E-state index contributed by atoms with van der Waals surface area (Å²) in [6.07, 6.45) is 10.0. The lowest BCUT2D eigenvalue weighted by molar-refractivity contribution is 0.0697. The molecule has 0 saturated carbocycles. The van der Waals surface area contributed by atoms with Crippen molar-refractivity contribution in [1.82, 2.24) is 4.98 Å². The highest BCUT2D eigenvalue weighted by molar-refractivity contribution is 5.89. The summed E-state index contributed by atoms with van der Waals surface area (Å²) in [4.78, 5) is 15.0. The lowest BCUT2D eigenvalue weighted by Crippen LogP contribution is -1.97. The normalized spacial score (nSPS) is 10.3. The van der Waals surface area contributed by atoms with Gasteiger partial charge < -0.3 is 10.2 Å². The van der Waals surface area contributed by atoms with E-state index in [1.165, 1.54) is 37.7 Å². The number of rotatable bonds is 10. The number of aromatic carboxylic acids is 1. The molecule has 0 bridgehead atoms. The summed E-state index contributed by atoms with van der Waals surface area (Å²) in [5.74, 6) is -0.877. The first-order valence-corrected chi connectivity index (χ1v) is 11.5. The second kappa shape index (κ2) is 14.2. The van der Waals surface area contributed by atoms with Crippen molar-refractivity contribution in [2.24, 2.45) is 0 Å². The van der Waals surface area contributed by atoms with E-state index in [4.69, 9.17) is 10.2 Å². The quantitative estimate of drug-likeness (QED) is 0.359. The lowest BCUT2D eigenvalue weighted by Gasteiger charge is -2.08. The van der Waals surface area contributed by atoms with E-state index >= 15 is 0 Å². The van der Waals surface area contributed by atoms with Gasteiger partial charge >= 0.3 is 5.97 Å². The Hall–Kier alpha value is -2.98. The van der Waals surface area contributed by atoms with Gasteiger partial charge in [-0.25, -0.2) is 4.79 Å². The summed E-state index contributed by atoms with van der Waals surface area (Å²) in [5.41, 5.74) is 5.91. The summed E-state index contributed by atoms with van der Waals surface area (Å²) in [5, 5.41) is 17.5. The summed E-state index contributed by atoms with van der Waals surface area (Å²) in [6, 6.07) is 19.7. The fraction of sp³-hybridized carbons (Fsp3) is 0.357. The molecule has 0 saturated heterocycles. The summed E-state index contributed by atoms with van der Waals surface area (Å²) < 4.78 is 0. The van der Waals surface area contributed by atoms with Crippen molar-refractivity contribution in [3.63, 3.8) is 0 Å². The fourth-order valence-electron chi connectivity index (χ4n) is 3.56. The second-order valence-corrected chi connectivity index (χ2v) is 7.99. The van der Waals surface area contributed by atoms with E-state index < -0.39 is 5.97 Å². The van der Waals surface area contributed by atoms with E-state index in [0.717, 1.165) is 28.8 Å². The predicted molar refractivity (Wildman–Crippen MR) is 131 cm³/mol. The molecule has 0 spiro atoms. The van der Waals surface area contributed by atoms with E-state index in [0.29, 0.717) is 12.0 Å². The molecule has 3 rings (SSSR count). The third-order valence-corrected chi connectivity index (χ3v) is 5.40. The average molecular weight is 434 g/mol. The maximum Gasteiger partial charge on any atom is 0.335 e. The Kier molecular flexibility index (Phi) is 11.2. The minimum absolute atomic E-state index is 0.178. The Morgan fingerprint density at radius 2 is 1.66 bits per heavy atom. The predicted octanol–water partition coefficient (Wildman–Crippen LogP) is 6.49. The molecule has 0 aliphatic rings. The largest absolute Gasteiger partial charge is 0.478 e. The Bertz CT molecular complexity index is 937. The lowest BCUT2D eigenvalue weighted by atomic mass is 9.96. The second-order valence-electron chi connectivity index (χ2n) is 7.99. The number of hydrogen-bond donors (Lipinski definition) is 2. The van der Waals surface area contributed by atoms with Crippen molar-refractivity contribution in [2.45, 2.75) is 58.8 Å². The Morgan fingerprint density at radius 3 is 2.25 bits per heavy atom. The number of carbonyl (C=O) groups is 1. The van der Waals surface area contributed by atoms with Gasteiger partial charge in [0.05, 0.1) is 5.56 Å². The number of carboxylic acid groups (broad SMARTS) is 1. The maximum absolute atomic E-state index is 11.0. The van der Waals surface area contributed by atoms with Crippen molar-refractivity contribution in [2.75, 3.05) is 6.61 Å². The standard InChI is InChI=1S/C21H26O2.C7H9NO/c1-3-4-5-6-7-8-17-9-11-18(12-10-17)20-14-13-19(21(22)23)15-16(20)2;9-6-4-7-3-1-2-5-8-7/h9-15H,3-8H2,1-2H3,(H,22,23);1-3,5,9H,4,6H2. The van der Waals surface area contributed by atoms with Gasteiger partial charge in [0.2, 0.25) is 0 Å². The van der Waals surface area contributed by atoms with Crippen LogP contribution in [0.3, 0.4) is 0 Å². The molecule has 0 aliphatic carbocycles. The van der Waals surface area contributed by atoms with Gasteiger partial charge in [-0.05, 0) is 66.3 Å². The third-order valence-electron chi connectivity index (χ3n) is 5.40. The number of nitrogens with zero attached hydrogens (tertiary/aromatic N) is 1. The van der Waals surface area contributed by atoms with Gasteiger partial charge in [0.25, 0.3) is 0 Å². The smallest absolute Gasteiger partial charge is 0.335 e. The van der Waals surface area contributed by atoms with Crippen LogP contribution >= 0.6 is 0 Å². The van der Waals surface area contributed by atoms with Gasteiger partial charge in [0.15, 0.2) is 0 Å². The third kappa shape index (κ3) is 8.64. The minimum atomic E-state index is -0.877. The number of aromatic nitrogens is 1. The van der Waals surface area contributed by atoms with Crippen LogP contribution in [0.5, 0.6) is 0 Å². The molecule has 2 N–H and O–H groups in total. The number of hydrogen-bond acceptors (Lipinski definition) is 3. The summed E-state index contributed by atoms with van der Waals surface area (Å²) in [6.45, 7) is 4.38. The van der Waals surface area contributed by atoms with Crippen molar-refractivity contribution in [1.29, 1.82) is 0 Å². The van der Waals surface area contributed by atoms with Gasteiger partial charge in [-0.1, -0.05) is 69.0 Å². The van der Waals surface area contributed by atoms with E-state index in [9.17, 15) is 4.79 Å². The molecule has 32 heavy (non-hydrogen) atoms. The highest BCUT2D eigenvalue weighted by Gasteiger charge is 2.07. The van der Waals surface area contributed by atoms with Gasteiger partial charge in [0.1, 0.15) is 0 Å². The van der Waals surface area contributed by atoms with Crippen LogP contribution in [0.4, 0.5) is 0 Å². The summed E-state index contributed by atoms with van der Waals surface area (Å²) >= 11 is 0. The molecular formula is C28H35NO3. The van der Waals surface area contributed by atoms with Gasteiger partial charge in [-0.2, -0.15) is 0 Å². The van der Waals surface area contributed by atoms with Crippen molar-refractivity contribution in [3.8, 4) is 11.1 Å². The molecule has 0 atom stereocenters. The van der Waals surface area contributed by atoms with Gasteiger partial charge in [0, 0.05) is 24.9 Å². The highest BCUT2D eigenvalue weighted by atomic mass is 16.4. The molecule has 170 valence electrons. The van der Waals surface area contributed by atoms with E-state index in [2.05, 4.69) is 36.2 Å². The zero-order valence-corrected chi connectivity index (χ0v) is 19.3. The summed E-state index contributed by atoms with van der Waals surface area (Å²) in [7, 11) is 0. The topological polar surface area (TPSA) is 70.4 Å². The number of pyridine rings is 1. The van der Waals surface area contributed by atoms with Crippen LogP contribution in [0.2, 0.25) is 0 Å². The molecule has 0 aliphatic heterocycles. The first-order valence-electron chi connectivity index (χ1n) is 11.5. The number of aryl methyl sites for hydroxylation is 2. The fourth-order valence-corrected chi connectivity index (χ4v) is 3.56. The van der Waals surface area contributed by atoms with Gasteiger partial charge in [-0.15, -0.1) is 0 Å². The van der Waals surface area contributed by atoms with E-state index in [1.807, 2.05) is 31.2 Å². The molecule has 1 heterocycles. The van der Waals surface area contributed by atoms with Crippen molar-refractivity contribution >= 4 is 5.97 Å². The SMILES string of the molecule is CCCCCCCc1ccc(-c2ccc(C(=O)O)cc2C)cc1.OCCc1ccccn1. The molecule has 3 aromatic rings. The van der Waals surface area contributed by atoms with Crippen LogP contribution in [-0.2, 0) is 12.8 Å². The Balaban J connectivity index is 0.000000336. The molecule has 4 nitrogen and oxygen atoms in total. The van der Waals surface area contributed by atoms with Crippen LogP contribution in [0.15, 0.2) is 66.9 Å². The Labute approximate surface area is 192 Å². The van der Waals surface area contributed by atoms with Crippen LogP contribution < -0.4 is 0 Å². The van der Waals surface area contributed by atoms with Crippen molar-refractivity contribution in [3.05, 3.63) is 89.2 Å². The highest BCUT2D eigenvalue weighted by Crippen LogP contribution is 2.25. The molecular weight excluding hydrogens is 398 g/mol. The molecule has 0 amide bonds. The van der Waals surface area contributed by atoms with E-state index in [1.54, 1.807) is 18.3 Å². The molecule has 0 radical (unpaired) electrons. The molecule has 4 heteroatoms. The van der Waals surface area contributed by atoms with Crippen LogP contribution in [0.1, 0.15) is 66.2 Å². The van der Waals surface area contributed by atoms with Crippen LogP contribution in [-0.4, -0.2) is 27.8 Å². The number of aliphatic hydroxyl groups excluding tert-OH is 1. The first kappa shape index (κ1) is 25.3. The molecule has 0 unspecified atom stereocenters. The number of unbranched alkanes of at least 4 members (excludes halogenated alkanes) is 4. The van der Waals surface area contributed by atoms with Gasteiger partial charge in [-0.3, -0.25) is 4.98 Å². The van der Waals surface area contributed by atoms with E-state index in [-0.39, 0.29) is 6.61 Å². The zero-order valence-electron chi connectivity index (χ0n) is 19.3. The molecule has 1 aromatic heterocycles. The Morgan fingerprint density at radius 1 is 0.906 bits per heavy atom. The maximum atomic E-state index is 11.0. The monoisotopic (exact) mass is 433 g/mol. The zero-order chi connectivity index (χ0) is 23.2. The van der Waals surface area contributed by atoms with Crippen molar-refractivity contribution < 1.29 is 15.0 Å². The molecule has 2 aromatic carbocycles. The number of aliphatic hydroxyl groups is 1. The average Bonchev–Trinajstić information content (AvgIpc) is 2.81. The van der Waals surface area contributed by atoms with Crippen LogP contribution in [0.25, 0.3) is 11.1 Å². The molecule has 0 fully saturated rings.